The molecule has 1 atom stereocenters. The van der Waals surface area contributed by atoms with Gasteiger partial charge in [0.05, 0.1) is 23.4 Å². The van der Waals surface area contributed by atoms with Crippen molar-refractivity contribution >= 4 is 16.9 Å². The smallest absolute Gasteiger partial charge is 0.251 e. The Balaban J connectivity index is 1.78. The molecule has 1 aromatic heterocycles. The van der Waals surface area contributed by atoms with Gasteiger partial charge in [0.15, 0.2) is 0 Å². The third-order valence-electron chi connectivity index (χ3n) is 3.73. The van der Waals surface area contributed by atoms with Crippen molar-refractivity contribution in [3.05, 3.63) is 59.9 Å². The van der Waals surface area contributed by atoms with Gasteiger partial charge in [0.25, 0.3) is 5.91 Å². The molecule has 0 aliphatic carbocycles. The van der Waals surface area contributed by atoms with Crippen LogP contribution in [0, 0.1) is 0 Å². The number of carbonyl (C=O) groups is 1. The number of hydrogen-bond donors (Lipinski definition) is 2. The van der Waals surface area contributed by atoms with Crippen LogP contribution in [0.15, 0.2) is 48.8 Å². The minimum atomic E-state index is -0.146. The minimum Gasteiger partial charge on any atom is -0.508 e. The molecule has 0 saturated heterocycles. The van der Waals surface area contributed by atoms with E-state index in [4.69, 9.17) is 0 Å². The largest absolute Gasteiger partial charge is 0.508 e. The molecular weight excluding hydrogens is 278 g/mol. The van der Waals surface area contributed by atoms with Crippen molar-refractivity contribution in [2.24, 2.45) is 7.05 Å². The van der Waals surface area contributed by atoms with E-state index in [1.54, 1.807) is 42.7 Å². The van der Waals surface area contributed by atoms with E-state index in [0.717, 1.165) is 16.6 Å². The van der Waals surface area contributed by atoms with Crippen LogP contribution < -0.4 is 5.32 Å². The molecule has 3 rings (SSSR count). The second-order valence-corrected chi connectivity index (χ2v) is 5.35. The van der Waals surface area contributed by atoms with Crippen molar-refractivity contribution in [1.82, 2.24) is 14.9 Å². The van der Waals surface area contributed by atoms with Crippen LogP contribution in [0.4, 0.5) is 0 Å². The number of aryl methyl sites for hydroxylation is 1. The fourth-order valence-electron chi connectivity index (χ4n) is 2.40. The minimum absolute atomic E-state index is 0.145. The van der Waals surface area contributed by atoms with Gasteiger partial charge in [-0.2, -0.15) is 0 Å². The van der Waals surface area contributed by atoms with Crippen LogP contribution in [0.5, 0.6) is 5.75 Å². The Kier molecular flexibility index (Phi) is 3.55. The second-order valence-electron chi connectivity index (χ2n) is 5.35. The van der Waals surface area contributed by atoms with E-state index in [1.165, 1.54) is 0 Å². The van der Waals surface area contributed by atoms with Gasteiger partial charge >= 0.3 is 0 Å². The zero-order valence-electron chi connectivity index (χ0n) is 12.4. The average molecular weight is 295 g/mol. The second kappa shape index (κ2) is 5.52. The summed E-state index contributed by atoms with van der Waals surface area (Å²) in [7, 11) is 1.92. The highest BCUT2D eigenvalue weighted by Gasteiger charge is 2.12. The summed E-state index contributed by atoms with van der Waals surface area (Å²) in [5, 5.41) is 12.3. The molecule has 0 aliphatic rings. The van der Waals surface area contributed by atoms with Gasteiger partial charge in [0.1, 0.15) is 5.75 Å². The SMILES string of the molecule is CC(NC(=O)c1ccc2c(c1)ncn2C)c1ccc(O)cc1. The normalized spacial score (nSPS) is 12.3. The zero-order chi connectivity index (χ0) is 15.7. The standard InChI is InChI=1S/C17H17N3O2/c1-11(12-3-6-14(21)7-4-12)19-17(22)13-5-8-16-15(9-13)18-10-20(16)2/h3-11,21H,1-2H3,(H,19,22). The van der Waals surface area contributed by atoms with Crippen molar-refractivity contribution in [2.45, 2.75) is 13.0 Å². The predicted octanol–water partition coefficient (Wildman–Crippen LogP) is 2.77. The van der Waals surface area contributed by atoms with E-state index in [9.17, 15) is 9.90 Å². The lowest BCUT2D eigenvalue weighted by Crippen LogP contribution is -2.26. The molecule has 0 spiro atoms. The van der Waals surface area contributed by atoms with Gasteiger partial charge in [-0.15, -0.1) is 0 Å². The molecule has 2 N–H and O–H groups in total. The highest BCUT2D eigenvalue weighted by atomic mass is 16.3. The molecule has 0 bridgehead atoms. The van der Waals surface area contributed by atoms with Crippen LogP contribution in [0.25, 0.3) is 11.0 Å². The summed E-state index contributed by atoms with van der Waals surface area (Å²) in [6.07, 6.45) is 1.73. The Labute approximate surface area is 128 Å². The lowest BCUT2D eigenvalue weighted by Gasteiger charge is -2.14. The summed E-state index contributed by atoms with van der Waals surface area (Å²) in [6.45, 7) is 1.91. The lowest BCUT2D eigenvalue weighted by atomic mass is 10.1. The summed E-state index contributed by atoms with van der Waals surface area (Å²) in [5.41, 5.74) is 3.30. The molecule has 0 saturated carbocycles. The van der Waals surface area contributed by atoms with E-state index in [-0.39, 0.29) is 17.7 Å². The number of imidazole rings is 1. The molecule has 22 heavy (non-hydrogen) atoms. The quantitative estimate of drug-likeness (QED) is 0.780. The number of nitrogens with zero attached hydrogens (tertiary/aromatic N) is 2. The van der Waals surface area contributed by atoms with Gasteiger partial charge in [-0.05, 0) is 42.8 Å². The molecule has 112 valence electrons. The first-order valence-corrected chi connectivity index (χ1v) is 7.05. The maximum atomic E-state index is 12.4. The first kappa shape index (κ1) is 14.1. The number of benzene rings is 2. The molecule has 5 heteroatoms. The molecule has 1 heterocycles. The number of phenols is 1. The summed E-state index contributed by atoms with van der Waals surface area (Å²) >= 11 is 0. The van der Waals surface area contributed by atoms with E-state index in [0.29, 0.717) is 5.56 Å². The Morgan fingerprint density at radius 3 is 2.68 bits per heavy atom. The lowest BCUT2D eigenvalue weighted by molar-refractivity contribution is 0.0940. The molecule has 1 unspecified atom stereocenters. The number of amides is 1. The predicted molar refractivity (Wildman–Crippen MR) is 84.7 cm³/mol. The molecule has 0 aliphatic heterocycles. The average Bonchev–Trinajstić information content (AvgIpc) is 2.88. The van der Waals surface area contributed by atoms with Gasteiger partial charge in [0.2, 0.25) is 0 Å². The Morgan fingerprint density at radius 1 is 1.23 bits per heavy atom. The van der Waals surface area contributed by atoms with Gasteiger partial charge in [-0.25, -0.2) is 4.98 Å². The van der Waals surface area contributed by atoms with Gasteiger partial charge < -0.3 is 15.0 Å². The first-order chi connectivity index (χ1) is 10.5. The number of carbonyl (C=O) groups excluding carboxylic acids is 1. The summed E-state index contributed by atoms with van der Waals surface area (Å²) < 4.78 is 1.91. The van der Waals surface area contributed by atoms with Gasteiger partial charge in [-0.3, -0.25) is 4.79 Å². The molecule has 3 aromatic rings. The number of rotatable bonds is 3. The fourth-order valence-corrected chi connectivity index (χ4v) is 2.40. The van der Waals surface area contributed by atoms with Crippen LogP contribution in [-0.2, 0) is 7.05 Å². The molecule has 2 aromatic carbocycles. The first-order valence-electron chi connectivity index (χ1n) is 7.05. The highest BCUT2D eigenvalue weighted by molar-refractivity contribution is 5.97. The Hall–Kier alpha value is -2.82. The topological polar surface area (TPSA) is 67.2 Å². The molecular formula is C17H17N3O2. The highest BCUT2D eigenvalue weighted by Crippen LogP contribution is 2.18. The maximum absolute atomic E-state index is 12.4. The van der Waals surface area contributed by atoms with Crippen molar-refractivity contribution in [3.8, 4) is 5.75 Å². The number of phenolic OH excluding ortho intramolecular Hbond substituents is 1. The van der Waals surface area contributed by atoms with Crippen LogP contribution in [0.1, 0.15) is 28.9 Å². The van der Waals surface area contributed by atoms with E-state index >= 15 is 0 Å². The summed E-state index contributed by atoms with van der Waals surface area (Å²) in [6, 6.07) is 12.1. The molecule has 0 radical (unpaired) electrons. The van der Waals surface area contributed by atoms with E-state index in [1.807, 2.05) is 24.6 Å². The van der Waals surface area contributed by atoms with E-state index < -0.39 is 0 Å². The molecule has 5 nitrogen and oxygen atoms in total. The Bertz CT molecular complexity index is 822. The monoisotopic (exact) mass is 295 g/mol. The number of nitrogens with one attached hydrogen (secondary N) is 1. The number of aromatic nitrogens is 2. The maximum Gasteiger partial charge on any atom is 0.251 e. The van der Waals surface area contributed by atoms with Crippen molar-refractivity contribution in [1.29, 1.82) is 0 Å². The van der Waals surface area contributed by atoms with Crippen LogP contribution in [-0.4, -0.2) is 20.6 Å². The number of hydrogen-bond acceptors (Lipinski definition) is 3. The molecule has 0 fully saturated rings. The van der Waals surface area contributed by atoms with Crippen LogP contribution >= 0.6 is 0 Å². The van der Waals surface area contributed by atoms with E-state index in [2.05, 4.69) is 10.3 Å². The summed E-state index contributed by atoms with van der Waals surface area (Å²) in [4.78, 5) is 16.6. The third kappa shape index (κ3) is 2.65. The fraction of sp³-hybridized carbons (Fsp3) is 0.176. The van der Waals surface area contributed by atoms with Gasteiger partial charge in [0, 0.05) is 12.6 Å². The van der Waals surface area contributed by atoms with Crippen molar-refractivity contribution < 1.29 is 9.90 Å². The number of fused-ring (bicyclic) bond motifs is 1. The van der Waals surface area contributed by atoms with Crippen LogP contribution in [0.3, 0.4) is 0 Å². The van der Waals surface area contributed by atoms with Gasteiger partial charge in [-0.1, -0.05) is 12.1 Å². The summed E-state index contributed by atoms with van der Waals surface area (Å²) in [5.74, 6) is 0.0657. The Morgan fingerprint density at radius 2 is 1.95 bits per heavy atom. The van der Waals surface area contributed by atoms with Crippen LogP contribution in [0.2, 0.25) is 0 Å². The third-order valence-corrected chi connectivity index (χ3v) is 3.73. The zero-order valence-corrected chi connectivity index (χ0v) is 12.4. The van der Waals surface area contributed by atoms with Crippen molar-refractivity contribution in [3.63, 3.8) is 0 Å². The number of aromatic hydroxyl groups is 1. The molecule has 1 amide bonds. The van der Waals surface area contributed by atoms with Crippen molar-refractivity contribution in [2.75, 3.05) is 0 Å².